The van der Waals surface area contributed by atoms with Gasteiger partial charge in [-0.3, -0.25) is 0 Å². The minimum Gasteiger partial charge on any atom is -0.478 e. The van der Waals surface area contributed by atoms with Crippen LogP contribution < -0.4 is 0 Å². The van der Waals surface area contributed by atoms with Gasteiger partial charge in [-0.25, -0.2) is 14.6 Å². The molecular weight excluding hydrogens is 158 g/mol. The number of aliphatic carboxylic acids is 1. The Morgan fingerprint density at radius 1 is 1.67 bits per heavy atom. The molecule has 0 atom stereocenters. The van der Waals surface area contributed by atoms with Gasteiger partial charge in [-0.15, -0.1) is 0 Å². The monoisotopic (exact) mass is 169 g/mol. The van der Waals surface area contributed by atoms with Crippen LogP contribution in [0.4, 0.5) is 0 Å². The van der Waals surface area contributed by atoms with Gasteiger partial charge in [0.05, 0.1) is 6.54 Å². The summed E-state index contributed by atoms with van der Waals surface area (Å²) >= 11 is 0. The molecule has 0 unspecified atom stereocenters. The van der Waals surface area contributed by atoms with Gasteiger partial charge in [0.1, 0.15) is 0 Å². The van der Waals surface area contributed by atoms with E-state index in [1.54, 1.807) is 6.08 Å². The molecule has 0 saturated heterocycles. The number of carboxylic acids is 1. The molecule has 1 N–H and O–H groups in total. The first-order valence-corrected chi connectivity index (χ1v) is 3.62. The topological polar surface area (TPSA) is 66.7 Å². The minimum atomic E-state index is -0.908. The van der Waals surface area contributed by atoms with Crippen molar-refractivity contribution < 1.29 is 14.7 Å². The number of nitrogens with zero attached hydrogens (tertiary/aromatic N) is 1. The summed E-state index contributed by atoms with van der Waals surface area (Å²) in [6.45, 7) is 1.94. The standard InChI is InChI=1S/C8H11NO3/c1-7(8(11)12)4-2-3-5-9-6-10/h4H,2-3,5H2,1H3,(H,11,12)/b7-4+. The molecule has 0 rings (SSSR count). The smallest absolute Gasteiger partial charge is 0.330 e. The molecule has 0 aliphatic carbocycles. The SMILES string of the molecule is C/C(=C\CCCN=C=O)C(=O)O. The van der Waals surface area contributed by atoms with Crippen LogP contribution in [0, 0.1) is 0 Å². The summed E-state index contributed by atoms with van der Waals surface area (Å²) in [7, 11) is 0. The predicted octanol–water partition coefficient (Wildman–Crippen LogP) is 1.13. The van der Waals surface area contributed by atoms with Gasteiger partial charge in [0.2, 0.25) is 6.08 Å². The van der Waals surface area contributed by atoms with Crippen LogP contribution in [0.3, 0.4) is 0 Å². The van der Waals surface area contributed by atoms with E-state index in [2.05, 4.69) is 4.99 Å². The van der Waals surface area contributed by atoms with Crippen LogP contribution in [0.25, 0.3) is 0 Å². The third-order valence-electron chi connectivity index (χ3n) is 1.33. The number of carbonyl (C=O) groups is 1. The number of unbranched alkanes of at least 4 members (excludes halogenated alkanes) is 1. The lowest BCUT2D eigenvalue weighted by atomic mass is 10.2. The number of hydrogen-bond acceptors (Lipinski definition) is 3. The van der Waals surface area contributed by atoms with Crippen LogP contribution in [0.2, 0.25) is 0 Å². The van der Waals surface area contributed by atoms with Crippen molar-refractivity contribution in [3.05, 3.63) is 11.6 Å². The first kappa shape index (κ1) is 10.6. The summed E-state index contributed by atoms with van der Waals surface area (Å²) in [6, 6.07) is 0. The average molecular weight is 169 g/mol. The maximum Gasteiger partial charge on any atom is 0.330 e. The van der Waals surface area contributed by atoms with Crippen molar-refractivity contribution in [1.29, 1.82) is 0 Å². The van der Waals surface area contributed by atoms with E-state index < -0.39 is 5.97 Å². The number of carboxylic acid groups (broad SMARTS) is 1. The van der Waals surface area contributed by atoms with Gasteiger partial charge in [-0.05, 0) is 19.8 Å². The van der Waals surface area contributed by atoms with Gasteiger partial charge in [-0.2, -0.15) is 0 Å². The van der Waals surface area contributed by atoms with Gasteiger partial charge in [0, 0.05) is 5.57 Å². The lowest BCUT2D eigenvalue weighted by molar-refractivity contribution is -0.132. The number of allylic oxidation sites excluding steroid dienone is 1. The lowest BCUT2D eigenvalue weighted by Gasteiger charge is -1.91. The molecule has 12 heavy (non-hydrogen) atoms. The zero-order valence-corrected chi connectivity index (χ0v) is 6.91. The number of carbonyl (C=O) groups excluding carboxylic acids is 1. The Balaban J connectivity index is 3.60. The molecule has 0 aromatic rings. The number of rotatable bonds is 5. The van der Waals surface area contributed by atoms with Gasteiger partial charge in [0.15, 0.2) is 0 Å². The lowest BCUT2D eigenvalue weighted by Crippen LogP contribution is -1.95. The first-order chi connectivity index (χ1) is 5.68. The third-order valence-corrected chi connectivity index (χ3v) is 1.33. The Kier molecular flexibility index (Phi) is 5.57. The highest BCUT2D eigenvalue weighted by Crippen LogP contribution is 1.98. The van der Waals surface area contributed by atoms with Gasteiger partial charge in [-0.1, -0.05) is 6.08 Å². The van der Waals surface area contributed by atoms with Crippen LogP contribution in [0.5, 0.6) is 0 Å². The molecule has 0 aromatic carbocycles. The first-order valence-electron chi connectivity index (χ1n) is 3.62. The number of hydrogen-bond donors (Lipinski definition) is 1. The fourth-order valence-corrected chi connectivity index (χ4v) is 0.622. The molecule has 4 heteroatoms. The maximum atomic E-state index is 10.3. The van der Waals surface area contributed by atoms with E-state index in [1.165, 1.54) is 13.0 Å². The maximum absolute atomic E-state index is 10.3. The van der Waals surface area contributed by atoms with E-state index >= 15 is 0 Å². The zero-order valence-electron chi connectivity index (χ0n) is 6.91. The highest BCUT2D eigenvalue weighted by atomic mass is 16.4. The summed E-state index contributed by atoms with van der Waals surface area (Å²) in [6.07, 6.45) is 4.34. The minimum absolute atomic E-state index is 0.324. The molecular formula is C8H11NO3. The second-order valence-electron chi connectivity index (χ2n) is 2.31. The average Bonchev–Trinajstić information content (AvgIpc) is 2.03. The quantitative estimate of drug-likeness (QED) is 0.290. The molecule has 0 spiro atoms. The molecule has 0 aliphatic heterocycles. The second-order valence-corrected chi connectivity index (χ2v) is 2.31. The molecule has 4 nitrogen and oxygen atoms in total. The summed E-state index contributed by atoms with van der Waals surface area (Å²) in [4.78, 5) is 23.2. The van der Waals surface area contributed by atoms with E-state index in [4.69, 9.17) is 5.11 Å². The molecule has 0 fully saturated rings. The molecule has 0 aromatic heterocycles. The Bertz CT molecular complexity index is 226. The molecule has 0 saturated carbocycles. The predicted molar refractivity (Wildman–Crippen MR) is 43.6 cm³/mol. The second kappa shape index (κ2) is 6.31. The highest BCUT2D eigenvalue weighted by Gasteiger charge is 1.96. The van der Waals surface area contributed by atoms with Crippen molar-refractivity contribution in [2.75, 3.05) is 6.54 Å². The fraction of sp³-hybridized carbons (Fsp3) is 0.500. The van der Waals surface area contributed by atoms with Crippen LogP contribution >= 0.6 is 0 Å². The largest absolute Gasteiger partial charge is 0.478 e. The third kappa shape index (κ3) is 5.38. The summed E-state index contributed by atoms with van der Waals surface area (Å²) in [5, 5.41) is 8.43. The van der Waals surface area contributed by atoms with Crippen molar-refractivity contribution >= 4 is 12.0 Å². The number of aliphatic imine (C=N–C) groups is 1. The van der Waals surface area contributed by atoms with Crippen molar-refractivity contribution in [2.45, 2.75) is 19.8 Å². The van der Waals surface area contributed by atoms with Crippen molar-refractivity contribution in [3.8, 4) is 0 Å². The van der Waals surface area contributed by atoms with Gasteiger partial charge in [0.25, 0.3) is 0 Å². The molecule has 66 valence electrons. The van der Waals surface area contributed by atoms with E-state index in [-0.39, 0.29) is 0 Å². The molecule has 0 radical (unpaired) electrons. The van der Waals surface area contributed by atoms with Crippen molar-refractivity contribution in [2.24, 2.45) is 4.99 Å². The fourth-order valence-electron chi connectivity index (χ4n) is 0.622. The summed E-state index contributed by atoms with van der Waals surface area (Å²) in [5.74, 6) is -0.908. The summed E-state index contributed by atoms with van der Waals surface area (Å²) < 4.78 is 0. The molecule has 0 bridgehead atoms. The van der Waals surface area contributed by atoms with Gasteiger partial charge < -0.3 is 5.11 Å². The Hall–Kier alpha value is -1.41. The summed E-state index contributed by atoms with van der Waals surface area (Å²) in [5.41, 5.74) is 0.324. The Labute approximate surface area is 70.6 Å². The molecule has 0 amide bonds. The molecule has 0 aliphatic rings. The Morgan fingerprint density at radius 2 is 2.33 bits per heavy atom. The van der Waals surface area contributed by atoms with Crippen LogP contribution in [-0.4, -0.2) is 23.7 Å². The number of isocyanates is 1. The van der Waals surface area contributed by atoms with E-state index in [9.17, 15) is 9.59 Å². The van der Waals surface area contributed by atoms with Crippen molar-refractivity contribution in [3.63, 3.8) is 0 Å². The van der Waals surface area contributed by atoms with Crippen LogP contribution in [0.1, 0.15) is 19.8 Å². The van der Waals surface area contributed by atoms with E-state index in [1.807, 2.05) is 0 Å². The van der Waals surface area contributed by atoms with Gasteiger partial charge >= 0.3 is 5.97 Å². The zero-order chi connectivity index (χ0) is 9.40. The molecule has 0 heterocycles. The van der Waals surface area contributed by atoms with E-state index in [0.29, 0.717) is 25.0 Å². The highest BCUT2D eigenvalue weighted by molar-refractivity contribution is 5.85. The van der Waals surface area contributed by atoms with Crippen molar-refractivity contribution in [1.82, 2.24) is 0 Å². The van der Waals surface area contributed by atoms with E-state index in [0.717, 1.165) is 0 Å². The van der Waals surface area contributed by atoms with Crippen LogP contribution in [0.15, 0.2) is 16.6 Å². The normalized spacial score (nSPS) is 10.6. The Morgan fingerprint density at radius 3 is 2.83 bits per heavy atom. The van der Waals surface area contributed by atoms with Crippen LogP contribution in [-0.2, 0) is 9.59 Å².